The molecule has 0 aliphatic rings. The highest BCUT2D eigenvalue weighted by molar-refractivity contribution is 6.57. The molecule has 0 amide bonds. The first-order valence-electron chi connectivity index (χ1n) is 5.08. The number of imidazole rings is 1. The molecule has 0 bridgehead atoms. The summed E-state index contributed by atoms with van der Waals surface area (Å²) >= 11 is 0. The lowest BCUT2D eigenvalue weighted by molar-refractivity contribution is 0.424. The first-order chi connectivity index (χ1) is 7.72. The molecule has 0 aliphatic carbocycles. The van der Waals surface area contributed by atoms with Gasteiger partial charge in [-0.15, -0.1) is 0 Å². The van der Waals surface area contributed by atoms with Gasteiger partial charge in [-0.1, -0.05) is 13.0 Å². The highest BCUT2D eigenvalue weighted by Crippen LogP contribution is 2.06. The standard InChI is InChI=1S/C10H12BN3O2/c1-2-9-12-6-7-14(9)10-5-3-4-8(13-10)11(15)16/h3-7,15-16H,2H2,1H3. The van der Waals surface area contributed by atoms with Crippen molar-refractivity contribution >= 4 is 12.7 Å². The molecule has 0 aromatic carbocycles. The number of pyridine rings is 1. The van der Waals surface area contributed by atoms with Gasteiger partial charge >= 0.3 is 7.12 Å². The number of rotatable bonds is 3. The summed E-state index contributed by atoms with van der Waals surface area (Å²) in [6, 6.07) is 5.10. The molecule has 0 atom stereocenters. The Bertz CT molecular complexity index is 484. The first kappa shape index (κ1) is 10.8. The van der Waals surface area contributed by atoms with Crippen LogP contribution in [0.3, 0.4) is 0 Å². The van der Waals surface area contributed by atoms with Crippen molar-refractivity contribution < 1.29 is 10.0 Å². The Morgan fingerprint density at radius 2 is 2.19 bits per heavy atom. The zero-order valence-electron chi connectivity index (χ0n) is 8.91. The average molecular weight is 217 g/mol. The molecular weight excluding hydrogens is 205 g/mol. The fourth-order valence-corrected chi connectivity index (χ4v) is 1.52. The molecule has 2 aromatic heterocycles. The largest absolute Gasteiger partial charge is 0.508 e. The van der Waals surface area contributed by atoms with Crippen molar-refractivity contribution in [1.29, 1.82) is 0 Å². The van der Waals surface area contributed by atoms with Crippen LogP contribution < -0.4 is 5.59 Å². The second-order valence-corrected chi connectivity index (χ2v) is 3.36. The summed E-state index contributed by atoms with van der Waals surface area (Å²) in [5.41, 5.74) is 0.230. The molecule has 5 nitrogen and oxygen atoms in total. The molecule has 2 heterocycles. The van der Waals surface area contributed by atoms with E-state index in [1.807, 2.05) is 11.5 Å². The van der Waals surface area contributed by atoms with Crippen molar-refractivity contribution in [3.8, 4) is 5.82 Å². The minimum absolute atomic E-state index is 0.230. The summed E-state index contributed by atoms with van der Waals surface area (Å²) in [6.45, 7) is 2.00. The van der Waals surface area contributed by atoms with E-state index in [-0.39, 0.29) is 5.59 Å². The van der Waals surface area contributed by atoms with Crippen LogP contribution in [-0.4, -0.2) is 31.7 Å². The molecule has 0 aliphatic heterocycles. The third kappa shape index (κ3) is 1.98. The fraction of sp³-hybridized carbons (Fsp3) is 0.200. The number of hydrogen-bond donors (Lipinski definition) is 2. The van der Waals surface area contributed by atoms with Gasteiger partial charge in [-0.05, 0) is 12.1 Å². The van der Waals surface area contributed by atoms with Crippen LogP contribution in [0.5, 0.6) is 0 Å². The molecule has 6 heteroatoms. The van der Waals surface area contributed by atoms with Gasteiger partial charge in [-0.25, -0.2) is 9.97 Å². The maximum absolute atomic E-state index is 9.04. The van der Waals surface area contributed by atoms with E-state index < -0.39 is 7.12 Å². The molecule has 0 spiro atoms. The van der Waals surface area contributed by atoms with Gasteiger partial charge in [0.05, 0.1) is 5.59 Å². The van der Waals surface area contributed by atoms with Crippen molar-refractivity contribution in [3.05, 3.63) is 36.4 Å². The van der Waals surface area contributed by atoms with Gasteiger partial charge in [0.2, 0.25) is 0 Å². The summed E-state index contributed by atoms with van der Waals surface area (Å²) in [6.07, 6.45) is 4.29. The predicted molar refractivity (Wildman–Crippen MR) is 60.6 cm³/mol. The summed E-state index contributed by atoms with van der Waals surface area (Å²) < 4.78 is 1.83. The summed E-state index contributed by atoms with van der Waals surface area (Å²) in [5, 5.41) is 18.1. The summed E-state index contributed by atoms with van der Waals surface area (Å²) in [5.74, 6) is 1.53. The highest BCUT2D eigenvalue weighted by Gasteiger charge is 2.13. The molecule has 0 fully saturated rings. The third-order valence-corrected chi connectivity index (χ3v) is 2.30. The maximum Gasteiger partial charge on any atom is 0.508 e. The number of nitrogens with zero attached hydrogens (tertiary/aromatic N) is 3. The Morgan fingerprint density at radius 3 is 2.88 bits per heavy atom. The molecule has 16 heavy (non-hydrogen) atoms. The predicted octanol–water partition coefficient (Wildman–Crippen LogP) is -0.491. The van der Waals surface area contributed by atoms with Crippen molar-refractivity contribution in [3.63, 3.8) is 0 Å². The zero-order chi connectivity index (χ0) is 11.5. The van der Waals surface area contributed by atoms with Gasteiger partial charge in [0.1, 0.15) is 11.6 Å². The smallest absolute Gasteiger partial charge is 0.422 e. The van der Waals surface area contributed by atoms with E-state index >= 15 is 0 Å². The minimum atomic E-state index is -1.55. The molecule has 0 saturated carbocycles. The average Bonchev–Trinajstić information content (AvgIpc) is 2.77. The van der Waals surface area contributed by atoms with E-state index in [4.69, 9.17) is 10.0 Å². The van der Waals surface area contributed by atoms with E-state index in [9.17, 15) is 0 Å². The molecule has 2 rings (SSSR count). The van der Waals surface area contributed by atoms with Crippen LogP contribution in [0.2, 0.25) is 0 Å². The molecular formula is C10H12BN3O2. The van der Waals surface area contributed by atoms with Crippen LogP contribution in [0.25, 0.3) is 5.82 Å². The third-order valence-electron chi connectivity index (χ3n) is 2.30. The Labute approximate surface area is 93.6 Å². The van der Waals surface area contributed by atoms with E-state index in [0.29, 0.717) is 5.82 Å². The van der Waals surface area contributed by atoms with Crippen LogP contribution in [-0.2, 0) is 6.42 Å². The topological polar surface area (TPSA) is 71.2 Å². The zero-order valence-corrected chi connectivity index (χ0v) is 8.91. The molecule has 2 aromatic rings. The van der Waals surface area contributed by atoms with Crippen LogP contribution in [0.1, 0.15) is 12.7 Å². The summed E-state index contributed by atoms with van der Waals surface area (Å²) in [7, 11) is -1.55. The minimum Gasteiger partial charge on any atom is -0.422 e. The number of aromatic nitrogens is 3. The van der Waals surface area contributed by atoms with Crippen LogP contribution in [0.15, 0.2) is 30.6 Å². The van der Waals surface area contributed by atoms with Crippen LogP contribution in [0.4, 0.5) is 0 Å². The number of aryl methyl sites for hydroxylation is 1. The van der Waals surface area contributed by atoms with Crippen molar-refractivity contribution in [2.75, 3.05) is 0 Å². The molecule has 0 unspecified atom stereocenters. The normalized spacial score (nSPS) is 10.4. The second kappa shape index (κ2) is 4.46. The summed E-state index contributed by atoms with van der Waals surface area (Å²) in [4.78, 5) is 8.33. The SMILES string of the molecule is CCc1nccn1-c1cccc(B(O)O)n1. The van der Waals surface area contributed by atoms with Crippen LogP contribution in [0, 0.1) is 0 Å². The van der Waals surface area contributed by atoms with Crippen molar-refractivity contribution in [2.24, 2.45) is 0 Å². The Balaban J connectivity index is 2.44. The molecule has 2 N–H and O–H groups in total. The lowest BCUT2D eigenvalue weighted by atomic mass is 9.86. The van der Waals surface area contributed by atoms with Gasteiger partial charge in [-0.2, -0.15) is 0 Å². The first-order valence-corrected chi connectivity index (χ1v) is 5.08. The Kier molecular flexibility index (Phi) is 3.03. The van der Waals surface area contributed by atoms with Gasteiger partial charge in [0, 0.05) is 18.8 Å². The molecule has 0 radical (unpaired) electrons. The Hall–Kier alpha value is -1.66. The lowest BCUT2D eigenvalue weighted by Gasteiger charge is -2.07. The van der Waals surface area contributed by atoms with Gasteiger partial charge in [0.15, 0.2) is 0 Å². The van der Waals surface area contributed by atoms with Gasteiger partial charge in [0.25, 0.3) is 0 Å². The number of hydrogen-bond acceptors (Lipinski definition) is 4. The Morgan fingerprint density at radius 1 is 1.38 bits per heavy atom. The monoisotopic (exact) mass is 217 g/mol. The van der Waals surface area contributed by atoms with Crippen LogP contribution >= 0.6 is 0 Å². The van der Waals surface area contributed by atoms with E-state index in [1.165, 1.54) is 0 Å². The van der Waals surface area contributed by atoms with E-state index in [0.717, 1.165) is 12.2 Å². The fourth-order valence-electron chi connectivity index (χ4n) is 1.52. The second-order valence-electron chi connectivity index (χ2n) is 3.36. The van der Waals surface area contributed by atoms with Crippen molar-refractivity contribution in [1.82, 2.24) is 14.5 Å². The lowest BCUT2D eigenvalue weighted by Crippen LogP contribution is -2.33. The maximum atomic E-state index is 9.04. The van der Waals surface area contributed by atoms with Crippen molar-refractivity contribution in [2.45, 2.75) is 13.3 Å². The molecule has 82 valence electrons. The van der Waals surface area contributed by atoms with Gasteiger partial charge < -0.3 is 10.0 Å². The van der Waals surface area contributed by atoms with E-state index in [1.54, 1.807) is 30.6 Å². The quantitative estimate of drug-likeness (QED) is 0.680. The van der Waals surface area contributed by atoms with E-state index in [2.05, 4.69) is 9.97 Å². The molecule has 0 saturated heterocycles. The highest BCUT2D eigenvalue weighted by atomic mass is 16.4. The van der Waals surface area contributed by atoms with Gasteiger partial charge in [-0.3, -0.25) is 4.57 Å².